The van der Waals surface area contributed by atoms with Gasteiger partial charge in [0.1, 0.15) is 11.3 Å². The van der Waals surface area contributed by atoms with E-state index in [1.54, 1.807) is 6.26 Å². The van der Waals surface area contributed by atoms with Gasteiger partial charge in [0.2, 0.25) is 0 Å². The number of rotatable bonds is 4. The molecule has 3 aliphatic carbocycles. The van der Waals surface area contributed by atoms with Crippen LogP contribution in [0.15, 0.2) is 180 Å². The number of benzene rings is 8. The Morgan fingerprint density at radius 2 is 1.08 bits per heavy atom. The standard InChI is InChI=1S/C52H35NO.C8H8.CH4S/c1-2-10-32(11-3-1)33-12-8-13-34(28-33)35-20-23-38-42-24-26-48(43-17-9-16-41(52(42)43)44(38)29-35)53-47-18-6-4-14-39(47)45-30-36(21-25-49(45)53)37-22-27-51-46(31-37)40-15-5-7-19-50(40)54-51;1-7-5-3-4-6-8(7)2;1-2/h1-5,8-17,20-31H,6-7,18-19H2;3-6H,1-2H2;2H,1H3. The number of nitrogens with zero attached hydrogens (tertiary/aromatic N) is 1. The summed E-state index contributed by atoms with van der Waals surface area (Å²) in [5.74, 6) is 1.11. The first-order valence-corrected chi connectivity index (χ1v) is 23.1. The molecule has 0 aliphatic heterocycles. The Bertz CT molecular complexity index is 3590. The van der Waals surface area contributed by atoms with Gasteiger partial charge < -0.3 is 8.98 Å². The zero-order valence-electron chi connectivity index (χ0n) is 35.9. The minimum absolute atomic E-state index is 0.974. The highest BCUT2D eigenvalue weighted by molar-refractivity contribution is 7.79. The van der Waals surface area contributed by atoms with Gasteiger partial charge in [-0.05, 0) is 139 Å². The number of thiol groups is 1. The molecule has 3 heteroatoms. The topological polar surface area (TPSA) is 18.1 Å². The fourth-order valence-corrected chi connectivity index (χ4v) is 10.1. The van der Waals surface area contributed by atoms with Crippen LogP contribution in [0.2, 0.25) is 0 Å². The van der Waals surface area contributed by atoms with Gasteiger partial charge in [0, 0.05) is 39.4 Å². The lowest BCUT2D eigenvalue weighted by atomic mass is 9.95. The highest BCUT2D eigenvalue weighted by atomic mass is 32.1. The van der Waals surface area contributed by atoms with Crippen molar-refractivity contribution >= 4 is 70.6 Å². The van der Waals surface area contributed by atoms with E-state index in [0.717, 1.165) is 47.5 Å². The predicted octanol–water partition coefficient (Wildman–Crippen LogP) is 15.2. The molecule has 8 aromatic carbocycles. The van der Waals surface area contributed by atoms with Crippen molar-refractivity contribution in [2.45, 2.75) is 25.7 Å². The molecule has 0 fully saturated rings. The molecule has 0 saturated carbocycles. The summed E-state index contributed by atoms with van der Waals surface area (Å²) in [7, 11) is 0. The van der Waals surface area contributed by atoms with E-state index in [1.807, 2.05) is 24.3 Å². The van der Waals surface area contributed by atoms with Crippen molar-refractivity contribution in [2.24, 2.45) is 0 Å². The average molecular weight is 842 g/mol. The SMILES string of the molecule is C1=Cc2c(oc3ccc(-c4ccc5c(c4)c4c(n5-c5ccc6c7c(cccc57)-c5cc(-c7cccc(-c8ccccc8)c7)ccc5-6)CCC=C4)cc23)CC1.C=c1ccccc1=C.CS. The second kappa shape index (κ2) is 16.4. The highest BCUT2D eigenvalue weighted by Crippen LogP contribution is 2.50. The smallest absolute Gasteiger partial charge is 0.134 e. The predicted molar refractivity (Wildman–Crippen MR) is 278 cm³/mol. The van der Waals surface area contributed by atoms with Crippen LogP contribution < -0.4 is 10.4 Å². The van der Waals surface area contributed by atoms with Crippen molar-refractivity contribution in [3.8, 4) is 61.3 Å². The number of aryl methyl sites for hydroxylation is 1. The molecule has 3 aliphatic rings. The zero-order valence-corrected chi connectivity index (χ0v) is 36.8. The van der Waals surface area contributed by atoms with Crippen LogP contribution in [-0.2, 0) is 12.8 Å². The van der Waals surface area contributed by atoms with Gasteiger partial charge in [-0.1, -0.05) is 159 Å². The number of hydrogen-bond donors (Lipinski definition) is 1. The first kappa shape index (κ1) is 39.5. The van der Waals surface area contributed by atoms with Crippen LogP contribution in [0.4, 0.5) is 0 Å². The van der Waals surface area contributed by atoms with Gasteiger partial charge in [-0.2, -0.15) is 12.6 Å². The third kappa shape index (κ3) is 6.67. The summed E-state index contributed by atoms with van der Waals surface area (Å²) >= 11 is 3.53. The molecule has 10 aromatic rings. The minimum Gasteiger partial charge on any atom is -0.460 e. The quantitative estimate of drug-likeness (QED) is 0.175. The van der Waals surface area contributed by atoms with Gasteiger partial charge in [0.15, 0.2) is 0 Å². The van der Waals surface area contributed by atoms with Crippen LogP contribution in [0.3, 0.4) is 0 Å². The zero-order chi connectivity index (χ0) is 43.3. The summed E-state index contributed by atoms with van der Waals surface area (Å²) in [6, 6.07) is 59.8. The Hall–Kier alpha value is -7.33. The second-order valence-corrected chi connectivity index (χ2v) is 16.8. The van der Waals surface area contributed by atoms with Crippen LogP contribution >= 0.6 is 12.6 Å². The fourth-order valence-electron chi connectivity index (χ4n) is 10.1. The van der Waals surface area contributed by atoms with Crippen LogP contribution in [0.25, 0.3) is 119 Å². The van der Waals surface area contributed by atoms with E-state index < -0.39 is 0 Å². The van der Waals surface area contributed by atoms with Gasteiger partial charge in [-0.3, -0.25) is 0 Å². The third-order valence-electron chi connectivity index (χ3n) is 13.2. The highest BCUT2D eigenvalue weighted by Gasteiger charge is 2.26. The maximum atomic E-state index is 6.24. The van der Waals surface area contributed by atoms with Crippen LogP contribution in [0.1, 0.15) is 35.4 Å². The molecule has 0 unspecified atom stereocenters. The van der Waals surface area contributed by atoms with Gasteiger partial charge >= 0.3 is 0 Å². The van der Waals surface area contributed by atoms with Crippen LogP contribution in [0, 0.1) is 0 Å². The second-order valence-electron chi connectivity index (χ2n) is 16.8. The van der Waals surface area contributed by atoms with E-state index in [4.69, 9.17) is 4.42 Å². The number of furan rings is 1. The lowest BCUT2D eigenvalue weighted by molar-refractivity contribution is 0.546. The summed E-state index contributed by atoms with van der Waals surface area (Å²) in [5.41, 5.74) is 20.2. The molecule has 0 saturated heterocycles. The maximum absolute atomic E-state index is 6.24. The van der Waals surface area contributed by atoms with Gasteiger partial charge in [-0.15, -0.1) is 0 Å². The summed E-state index contributed by atoms with van der Waals surface area (Å²) in [4.78, 5) is 0. The van der Waals surface area contributed by atoms with E-state index in [0.29, 0.717) is 0 Å². The average Bonchev–Trinajstić information content (AvgIpc) is 4.01. The molecular formula is C61H47NOS. The van der Waals surface area contributed by atoms with Crippen molar-refractivity contribution in [3.63, 3.8) is 0 Å². The lowest BCUT2D eigenvalue weighted by Gasteiger charge is -2.16. The Balaban J connectivity index is 0.000000411. The van der Waals surface area contributed by atoms with Crippen molar-refractivity contribution in [1.29, 1.82) is 0 Å². The Morgan fingerprint density at radius 1 is 0.469 bits per heavy atom. The molecule has 308 valence electrons. The molecule has 2 heterocycles. The largest absolute Gasteiger partial charge is 0.460 e. The first-order valence-electron chi connectivity index (χ1n) is 22.2. The van der Waals surface area contributed by atoms with Crippen molar-refractivity contribution in [3.05, 3.63) is 209 Å². The number of allylic oxidation sites excluding steroid dienone is 2. The number of aromatic nitrogens is 1. The minimum atomic E-state index is 0.974. The van der Waals surface area contributed by atoms with Crippen LogP contribution in [0.5, 0.6) is 0 Å². The Kier molecular flexibility index (Phi) is 10.1. The summed E-state index contributed by atoms with van der Waals surface area (Å²) in [6.07, 6.45) is 15.0. The molecule has 0 spiro atoms. The van der Waals surface area contributed by atoms with E-state index in [1.165, 1.54) is 105 Å². The fraction of sp³-hybridized carbons (Fsp3) is 0.0820. The molecule has 0 atom stereocenters. The van der Waals surface area contributed by atoms with Gasteiger partial charge in [-0.25, -0.2) is 0 Å². The number of fused-ring (bicyclic) bond motifs is 9. The van der Waals surface area contributed by atoms with Crippen LogP contribution in [-0.4, -0.2) is 10.8 Å². The summed E-state index contributed by atoms with van der Waals surface area (Å²) < 4.78 is 8.80. The monoisotopic (exact) mass is 841 g/mol. The molecule has 0 amide bonds. The third-order valence-corrected chi connectivity index (χ3v) is 13.2. The van der Waals surface area contributed by atoms with E-state index in [2.05, 4.69) is 194 Å². The summed E-state index contributed by atoms with van der Waals surface area (Å²) in [5, 5.41) is 7.18. The number of hydrogen-bond acceptors (Lipinski definition) is 2. The molecule has 64 heavy (non-hydrogen) atoms. The molecular weight excluding hydrogens is 795 g/mol. The normalized spacial score (nSPS) is 12.9. The van der Waals surface area contributed by atoms with E-state index >= 15 is 0 Å². The molecule has 13 rings (SSSR count). The van der Waals surface area contributed by atoms with Crippen molar-refractivity contribution < 1.29 is 4.42 Å². The Labute approximate surface area is 379 Å². The van der Waals surface area contributed by atoms with Gasteiger partial charge in [0.25, 0.3) is 0 Å². The first-order chi connectivity index (χ1) is 31.6. The van der Waals surface area contributed by atoms with Crippen molar-refractivity contribution in [2.75, 3.05) is 6.26 Å². The summed E-state index contributed by atoms with van der Waals surface area (Å²) in [6.45, 7) is 7.52. The van der Waals surface area contributed by atoms with Crippen molar-refractivity contribution in [1.82, 2.24) is 4.57 Å². The molecule has 0 bridgehead atoms. The Morgan fingerprint density at radius 3 is 1.88 bits per heavy atom. The van der Waals surface area contributed by atoms with Gasteiger partial charge in [0.05, 0.1) is 11.2 Å². The molecule has 0 N–H and O–H groups in total. The molecule has 0 radical (unpaired) electrons. The molecule has 2 aromatic heterocycles. The lowest BCUT2D eigenvalue weighted by Crippen LogP contribution is -2.19. The molecule has 2 nitrogen and oxygen atoms in total. The maximum Gasteiger partial charge on any atom is 0.134 e. The van der Waals surface area contributed by atoms with E-state index in [-0.39, 0.29) is 0 Å². The van der Waals surface area contributed by atoms with E-state index in [9.17, 15) is 0 Å².